The van der Waals surface area contributed by atoms with Crippen molar-refractivity contribution in [2.45, 2.75) is 18.2 Å². The highest BCUT2D eigenvalue weighted by Gasteiger charge is 2.41. The third-order valence-electron chi connectivity index (χ3n) is 4.29. The van der Waals surface area contributed by atoms with Crippen LogP contribution in [0.2, 0.25) is 10.0 Å². The minimum atomic E-state index is -4.19. The number of amides is 2. The first-order valence-electron chi connectivity index (χ1n) is 8.87. The van der Waals surface area contributed by atoms with E-state index < -0.39 is 22.0 Å². The molecule has 0 bridgehead atoms. The molecule has 1 aliphatic heterocycles. The topological polar surface area (TPSA) is 93.2 Å². The average molecular weight is 473 g/mol. The van der Waals surface area contributed by atoms with Crippen LogP contribution in [0.5, 0.6) is 5.75 Å². The van der Waals surface area contributed by atoms with Crippen LogP contribution in [0.4, 0.5) is 16.2 Å². The summed E-state index contributed by atoms with van der Waals surface area (Å²) in [6.45, 7) is 2.03. The van der Waals surface area contributed by atoms with Gasteiger partial charge in [-0.15, -0.1) is 0 Å². The molecule has 0 saturated heterocycles. The zero-order valence-electron chi connectivity index (χ0n) is 16.1. The van der Waals surface area contributed by atoms with Crippen molar-refractivity contribution in [3.63, 3.8) is 0 Å². The van der Waals surface area contributed by atoms with Crippen molar-refractivity contribution < 1.29 is 27.5 Å². The highest BCUT2D eigenvalue weighted by molar-refractivity contribution is 7.94. The number of ether oxygens (including phenoxy) is 2. The third-order valence-corrected chi connectivity index (χ3v) is 6.78. The Morgan fingerprint density at radius 1 is 1.10 bits per heavy atom. The molecular weight excluding hydrogens is 455 g/mol. The molecule has 0 saturated carbocycles. The van der Waals surface area contributed by atoms with Gasteiger partial charge in [-0.1, -0.05) is 23.2 Å². The zero-order valence-corrected chi connectivity index (χ0v) is 18.4. The Morgan fingerprint density at radius 2 is 1.83 bits per heavy atom. The Morgan fingerprint density at radius 3 is 2.50 bits per heavy atom. The van der Waals surface area contributed by atoms with Crippen LogP contribution in [0, 0.1) is 0 Å². The number of sulfonamides is 1. The monoisotopic (exact) mass is 472 g/mol. The van der Waals surface area contributed by atoms with Gasteiger partial charge in [-0.2, -0.15) is 4.31 Å². The number of hydrogen-bond donors (Lipinski definition) is 0. The molecule has 0 aliphatic carbocycles. The van der Waals surface area contributed by atoms with Crippen molar-refractivity contribution >= 4 is 56.6 Å². The number of hydrogen-bond acceptors (Lipinski definition) is 6. The quantitative estimate of drug-likeness (QED) is 0.587. The molecule has 0 unspecified atom stereocenters. The lowest BCUT2D eigenvalue weighted by Crippen LogP contribution is -2.49. The molecule has 2 aromatic carbocycles. The minimum Gasteiger partial charge on any atom is -0.493 e. The van der Waals surface area contributed by atoms with Crippen LogP contribution in [0.15, 0.2) is 41.3 Å². The first kappa shape index (κ1) is 22.2. The van der Waals surface area contributed by atoms with Gasteiger partial charge < -0.3 is 9.47 Å². The van der Waals surface area contributed by atoms with Crippen molar-refractivity contribution in [2.24, 2.45) is 0 Å². The first-order chi connectivity index (χ1) is 14.2. The van der Waals surface area contributed by atoms with E-state index in [4.69, 9.17) is 32.7 Å². The number of fused-ring (bicyclic) bond motifs is 1. The number of esters is 1. The molecule has 3 rings (SSSR count). The summed E-state index contributed by atoms with van der Waals surface area (Å²) in [7, 11) is -2.75. The van der Waals surface area contributed by atoms with Gasteiger partial charge in [-0.25, -0.2) is 13.2 Å². The largest absolute Gasteiger partial charge is 0.493 e. The molecular formula is C19H18Cl2N2O6S. The Labute approximate surface area is 183 Å². The molecule has 0 radical (unpaired) electrons. The Balaban J connectivity index is 1.91. The molecule has 2 aromatic rings. The van der Waals surface area contributed by atoms with E-state index in [0.29, 0.717) is 10.1 Å². The van der Waals surface area contributed by atoms with Crippen molar-refractivity contribution in [1.82, 2.24) is 0 Å². The molecule has 0 atom stereocenters. The van der Waals surface area contributed by atoms with Gasteiger partial charge in [0.2, 0.25) is 0 Å². The Kier molecular flexibility index (Phi) is 6.44. The highest BCUT2D eigenvalue weighted by atomic mass is 35.5. The number of carbonyl (C=O) groups is 2. The van der Waals surface area contributed by atoms with E-state index in [2.05, 4.69) is 0 Å². The number of benzene rings is 2. The standard InChI is InChI=1S/C19H18Cl2N2O6S/c1-3-28-18(24)8-9-29-13-5-7-17-16(11-13)22(2)19(25)23(30(17,26)27)12-4-6-14(20)15(21)10-12/h4-7,10-11H,3,8-9H2,1-2H3. The fraction of sp³-hybridized carbons (Fsp3) is 0.263. The second kappa shape index (κ2) is 8.71. The van der Waals surface area contributed by atoms with Gasteiger partial charge in [0, 0.05) is 13.1 Å². The zero-order chi connectivity index (χ0) is 22.1. The predicted molar refractivity (Wildman–Crippen MR) is 113 cm³/mol. The smallest absolute Gasteiger partial charge is 0.342 e. The maximum Gasteiger partial charge on any atom is 0.342 e. The molecule has 160 valence electrons. The average Bonchev–Trinajstić information content (AvgIpc) is 2.69. The van der Waals surface area contributed by atoms with E-state index in [1.165, 1.54) is 48.3 Å². The van der Waals surface area contributed by atoms with Crippen molar-refractivity contribution in [3.05, 3.63) is 46.4 Å². The van der Waals surface area contributed by atoms with E-state index in [1.807, 2.05) is 0 Å². The van der Waals surface area contributed by atoms with E-state index in [9.17, 15) is 18.0 Å². The molecule has 8 nitrogen and oxygen atoms in total. The lowest BCUT2D eigenvalue weighted by molar-refractivity contribution is -0.143. The maximum absolute atomic E-state index is 13.1. The van der Waals surface area contributed by atoms with Crippen molar-refractivity contribution in [2.75, 3.05) is 29.5 Å². The summed E-state index contributed by atoms with van der Waals surface area (Å²) in [5.41, 5.74) is 0.228. The van der Waals surface area contributed by atoms with Crippen LogP contribution in [0.3, 0.4) is 0 Å². The normalized spacial score (nSPS) is 15.0. The van der Waals surface area contributed by atoms with Crippen LogP contribution in [-0.4, -0.2) is 40.7 Å². The fourth-order valence-electron chi connectivity index (χ4n) is 2.85. The SMILES string of the molecule is CCOC(=O)CCOc1ccc2c(c1)N(C)C(=O)N(c1ccc(Cl)c(Cl)c1)S2(=O)=O. The van der Waals surface area contributed by atoms with Crippen LogP contribution in [-0.2, 0) is 19.6 Å². The van der Waals surface area contributed by atoms with E-state index in [1.54, 1.807) is 6.92 Å². The van der Waals surface area contributed by atoms with Gasteiger partial charge in [0.15, 0.2) is 0 Å². The summed E-state index contributed by atoms with van der Waals surface area (Å²) in [5.74, 6) is -0.0847. The number of nitrogens with zero attached hydrogens (tertiary/aromatic N) is 2. The fourth-order valence-corrected chi connectivity index (χ4v) is 4.76. The lowest BCUT2D eigenvalue weighted by atomic mass is 10.2. The summed E-state index contributed by atoms with van der Waals surface area (Å²) in [6, 6.07) is 7.57. The Bertz CT molecular complexity index is 1110. The predicted octanol–water partition coefficient (Wildman–Crippen LogP) is 4.09. The van der Waals surface area contributed by atoms with E-state index >= 15 is 0 Å². The number of halogens is 2. The minimum absolute atomic E-state index is 0.0447. The summed E-state index contributed by atoms with van der Waals surface area (Å²) in [6.07, 6.45) is 0.0447. The molecule has 0 fully saturated rings. The molecule has 1 aliphatic rings. The second-order valence-electron chi connectivity index (χ2n) is 6.24. The number of rotatable bonds is 6. The highest BCUT2D eigenvalue weighted by Crippen LogP contribution is 2.39. The number of anilines is 2. The van der Waals surface area contributed by atoms with Crippen LogP contribution in [0.1, 0.15) is 13.3 Å². The van der Waals surface area contributed by atoms with Crippen LogP contribution < -0.4 is 13.9 Å². The van der Waals surface area contributed by atoms with Crippen LogP contribution in [0.25, 0.3) is 0 Å². The summed E-state index contributed by atoms with van der Waals surface area (Å²) in [4.78, 5) is 25.4. The van der Waals surface area contributed by atoms with Gasteiger partial charge in [-0.3, -0.25) is 9.69 Å². The molecule has 1 heterocycles. The summed E-state index contributed by atoms with van der Waals surface area (Å²) < 4.78 is 37.3. The lowest BCUT2D eigenvalue weighted by Gasteiger charge is -2.34. The van der Waals surface area contributed by atoms with E-state index in [0.717, 1.165) is 0 Å². The summed E-state index contributed by atoms with van der Waals surface area (Å²) >= 11 is 11.9. The summed E-state index contributed by atoms with van der Waals surface area (Å²) in [5, 5.41) is 0.358. The second-order valence-corrected chi connectivity index (χ2v) is 8.81. The van der Waals surface area contributed by atoms with Gasteiger partial charge in [0.1, 0.15) is 10.6 Å². The van der Waals surface area contributed by atoms with Crippen molar-refractivity contribution in [3.8, 4) is 5.75 Å². The molecule has 0 N–H and O–H groups in total. The molecule has 2 amide bonds. The van der Waals surface area contributed by atoms with Gasteiger partial charge in [0.05, 0.1) is 41.1 Å². The van der Waals surface area contributed by atoms with Gasteiger partial charge >= 0.3 is 12.0 Å². The molecule has 0 aromatic heterocycles. The van der Waals surface area contributed by atoms with Gasteiger partial charge in [-0.05, 0) is 37.3 Å². The maximum atomic E-state index is 13.1. The Hall–Kier alpha value is -2.49. The molecule has 30 heavy (non-hydrogen) atoms. The first-order valence-corrected chi connectivity index (χ1v) is 11.1. The molecule has 11 heteroatoms. The van der Waals surface area contributed by atoms with Gasteiger partial charge in [0.25, 0.3) is 10.0 Å². The number of carbonyl (C=O) groups excluding carboxylic acids is 2. The third kappa shape index (κ3) is 4.19. The molecule has 0 spiro atoms. The van der Waals surface area contributed by atoms with E-state index in [-0.39, 0.29) is 46.0 Å². The van der Waals surface area contributed by atoms with Crippen LogP contribution >= 0.6 is 23.2 Å². The van der Waals surface area contributed by atoms with Crippen molar-refractivity contribution in [1.29, 1.82) is 0 Å². The number of urea groups is 1.